The number of ether oxygens (including phenoxy) is 1. The van der Waals surface area contributed by atoms with Crippen molar-refractivity contribution in [1.82, 2.24) is 0 Å². The summed E-state index contributed by atoms with van der Waals surface area (Å²) in [7, 11) is 0. The van der Waals surface area contributed by atoms with Gasteiger partial charge in [0.1, 0.15) is 0 Å². The molecule has 1 fully saturated rings. The molecule has 0 aromatic heterocycles. The number of rotatable bonds is 2. The molecule has 4 nitrogen and oxygen atoms in total. The Bertz CT molecular complexity index is 558. The summed E-state index contributed by atoms with van der Waals surface area (Å²) in [6.07, 6.45) is 13.1. The van der Waals surface area contributed by atoms with Gasteiger partial charge < -0.3 is 9.68 Å². The lowest BCUT2D eigenvalue weighted by Gasteiger charge is -2.50. The molecule has 0 aromatic rings. The van der Waals surface area contributed by atoms with Crippen molar-refractivity contribution in [2.45, 2.75) is 72.0 Å². The van der Waals surface area contributed by atoms with Gasteiger partial charge >= 0.3 is 0 Å². The van der Waals surface area contributed by atoms with Gasteiger partial charge in [-0.1, -0.05) is 49.2 Å². The van der Waals surface area contributed by atoms with Crippen LogP contribution in [0.2, 0.25) is 0 Å². The fraction of sp³-hybridized carbons (Fsp3) is 0.650. The molecule has 24 heavy (non-hydrogen) atoms. The summed E-state index contributed by atoms with van der Waals surface area (Å²) in [6.45, 7) is 10.9. The van der Waals surface area contributed by atoms with Crippen LogP contribution in [0.15, 0.2) is 40.6 Å². The molecule has 4 heteroatoms. The molecule has 1 aliphatic heterocycles. The second kappa shape index (κ2) is 8.13. The third-order valence-electron chi connectivity index (χ3n) is 5.10. The molecular weight excluding hydrogens is 300 g/mol. The lowest BCUT2D eigenvalue weighted by atomic mass is 9.68. The van der Waals surface area contributed by atoms with Gasteiger partial charge in [0.25, 0.3) is 0 Å². The highest BCUT2D eigenvalue weighted by Gasteiger charge is 2.45. The normalized spacial score (nSPS) is 32.4. The molecule has 2 aliphatic carbocycles. The van der Waals surface area contributed by atoms with Gasteiger partial charge in [0.15, 0.2) is 0 Å². The maximum Gasteiger partial charge on any atom is 0.0898 e. The topological polar surface area (TPSA) is 56.8 Å². The Kier molecular flexibility index (Phi) is 6.41. The molecule has 3 rings (SSSR count). The third-order valence-corrected chi connectivity index (χ3v) is 5.10. The van der Waals surface area contributed by atoms with E-state index in [-0.39, 0.29) is 11.7 Å². The van der Waals surface area contributed by atoms with Gasteiger partial charge in [0.05, 0.1) is 17.4 Å². The Morgan fingerprint density at radius 3 is 2.75 bits per heavy atom. The van der Waals surface area contributed by atoms with Gasteiger partial charge in [-0.2, -0.15) is 0 Å². The maximum atomic E-state index is 6.49. The molecule has 0 radical (unpaired) electrons. The highest BCUT2D eigenvalue weighted by molar-refractivity contribution is 5.97. The average Bonchev–Trinajstić information content (AvgIpc) is 2.54. The summed E-state index contributed by atoms with van der Waals surface area (Å²) in [6, 6.07) is 0. The van der Waals surface area contributed by atoms with Gasteiger partial charge in [-0.05, 0) is 51.2 Å². The second-order valence-electron chi connectivity index (χ2n) is 7.51. The van der Waals surface area contributed by atoms with E-state index >= 15 is 0 Å². The van der Waals surface area contributed by atoms with Crippen molar-refractivity contribution in [1.29, 1.82) is 0 Å². The van der Waals surface area contributed by atoms with E-state index in [1.807, 2.05) is 0 Å². The number of fused-ring (bicyclic) bond motifs is 2. The molecule has 0 spiro atoms. The summed E-state index contributed by atoms with van der Waals surface area (Å²) >= 11 is 0. The standard InChI is InChI=1S/C17H24N2O2.C3H8/c1-11-7-8-13-10-15(11)16(20-17(13,2)3)12-5-4-6-14(9-12)19-21-18;1-3-2/h4-5,7,9,13,15-16H,6,8,10,18H2,1-3H3;3H2,1-2H3/b19-14+;. The van der Waals surface area contributed by atoms with Gasteiger partial charge in [-0.3, -0.25) is 0 Å². The molecule has 134 valence electrons. The van der Waals surface area contributed by atoms with Crippen molar-refractivity contribution in [2.75, 3.05) is 0 Å². The molecule has 0 amide bonds. The van der Waals surface area contributed by atoms with Crippen LogP contribution in [0.4, 0.5) is 0 Å². The first-order valence-corrected chi connectivity index (χ1v) is 9.08. The quantitative estimate of drug-likeness (QED) is 0.590. The molecular formula is C20H32N2O2. The van der Waals surface area contributed by atoms with Crippen LogP contribution >= 0.6 is 0 Å². The molecule has 2 N–H and O–H groups in total. The number of oxime groups is 1. The fourth-order valence-electron chi connectivity index (χ4n) is 3.73. The molecule has 1 heterocycles. The predicted molar refractivity (Wildman–Crippen MR) is 99.4 cm³/mol. The maximum absolute atomic E-state index is 6.49. The van der Waals surface area contributed by atoms with Crippen molar-refractivity contribution >= 4 is 5.71 Å². The Morgan fingerprint density at radius 1 is 1.38 bits per heavy atom. The average molecular weight is 332 g/mol. The van der Waals surface area contributed by atoms with Crippen molar-refractivity contribution < 1.29 is 9.68 Å². The Hall–Kier alpha value is -1.39. The summed E-state index contributed by atoms with van der Waals surface area (Å²) in [5, 5.41) is 3.86. The summed E-state index contributed by atoms with van der Waals surface area (Å²) in [5.41, 5.74) is 3.37. The summed E-state index contributed by atoms with van der Waals surface area (Å²) in [5.74, 6) is 6.12. The van der Waals surface area contributed by atoms with Crippen LogP contribution in [0.1, 0.15) is 60.3 Å². The zero-order valence-electron chi connectivity index (χ0n) is 15.7. The van der Waals surface area contributed by atoms with Crippen LogP contribution < -0.4 is 5.90 Å². The Labute approximate surface area is 146 Å². The van der Waals surface area contributed by atoms with E-state index in [1.165, 1.54) is 24.0 Å². The summed E-state index contributed by atoms with van der Waals surface area (Å²) in [4.78, 5) is 4.42. The number of hydrogen-bond acceptors (Lipinski definition) is 4. The van der Waals surface area contributed by atoms with Crippen molar-refractivity contribution in [3.8, 4) is 0 Å². The zero-order chi connectivity index (χ0) is 17.7. The van der Waals surface area contributed by atoms with Gasteiger partial charge in [0, 0.05) is 12.3 Å². The first-order chi connectivity index (χ1) is 11.4. The smallest absolute Gasteiger partial charge is 0.0898 e. The van der Waals surface area contributed by atoms with E-state index < -0.39 is 0 Å². The molecule has 0 saturated carbocycles. The van der Waals surface area contributed by atoms with E-state index in [4.69, 9.17) is 10.6 Å². The highest BCUT2D eigenvalue weighted by Crippen LogP contribution is 2.47. The first kappa shape index (κ1) is 18.9. The SMILES string of the molecule is CC1=CCC2CC1C(C1=C/C(=N/ON)CC=C1)OC2(C)C.CCC. The summed E-state index contributed by atoms with van der Waals surface area (Å²) < 4.78 is 6.49. The highest BCUT2D eigenvalue weighted by atomic mass is 16.7. The fourth-order valence-corrected chi connectivity index (χ4v) is 3.73. The van der Waals surface area contributed by atoms with Crippen molar-refractivity contribution in [3.05, 3.63) is 35.5 Å². The lowest BCUT2D eigenvalue weighted by Crippen LogP contribution is -2.50. The van der Waals surface area contributed by atoms with Crippen LogP contribution in [-0.2, 0) is 9.68 Å². The van der Waals surface area contributed by atoms with Crippen LogP contribution in [-0.4, -0.2) is 17.4 Å². The predicted octanol–water partition coefficient (Wildman–Crippen LogP) is 4.69. The first-order valence-electron chi connectivity index (χ1n) is 9.08. The van der Waals surface area contributed by atoms with Crippen molar-refractivity contribution in [3.63, 3.8) is 0 Å². The monoisotopic (exact) mass is 332 g/mol. The largest absolute Gasteiger partial charge is 0.367 e. The van der Waals surface area contributed by atoms with Crippen LogP contribution in [0.3, 0.4) is 0 Å². The van der Waals surface area contributed by atoms with Gasteiger partial charge in [-0.25, -0.2) is 0 Å². The zero-order valence-corrected chi connectivity index (χ0v) is 15.7. The lowest BCUT2D eigenvalue weighted by molar-refractivity contribution is -0.148. The minimum absolute atomic E-state index is 0.0901. The molecule has 3 atom stereocenters. The molecule has 1 saturated heterocycles. The second-order valence-corrected chi connectivity index (χ2v) is 7.51. The van der Waals surface area contributed by atoms with Crippen molar-refractivity contribution in [2.24, 2.45) is 22.9 Å². The number of nitrogens with zero attached hydrogens (tertiary/aromatic N) is 1. The number of allylic oxidation sites excluding steroid dienone is 3. The van der Waals surface area contributed by atoms with E-state index in [0.717, 1.165) is 18.6 Å². The minimum Gasteiger partial charge on any atom is -0.367 e. The van der Waals surface area contributed by atoms with E-state index in [1.54, 1.807) is 0 Å². The minimum atomic E-state index is -0.0911. The Morgan fingerprint density at radius 2 is 2.08 bits per heavy atom. The molecule has 2 bridgehead atoms. The van der Waals surface area contributed by atoms with Gasteiger partial charge in [0.2, 0.25) is 0 Å². The Balaban J connectivity index is 0.000000647. The van der Waals surface area contributed by atoms with Crippen LogP contribution in [0.25, 0.3) is 0 Å². The molecule has 3 unspecified atom stereocenters. The van der Waals surface area contributed by atoms with Crippen LogP contribution in [0, 0.1) is 11.8 Å². The number of hydrogen-bond donors (Lipinski definition) is 1. The van der Waals surface area contributed by atoms with Gasteiger partial charge in [-0.15, -0.1) is 5.90 Å². The van der Waals surface area contributed by atoms with E-state index in [9.17, 15) is 0 Å². The van der Waals surface area contributed by atoms with E-state index in [0.29, 0.717) is 11.8 Å². The third kappa shape index (κ3) is 4.17. The number of nitrogens with two attached hydrogens (primary N) is 1. The van der Waals surface area contributed by atoms with Crippen LogP contribution in [0.5, 0.6) is 0 Å². The molecule has 3 aliphatic rings. The van der Waals surface area contributed by atoms with E-state index in [2.05, 4.69) is 69.0 Å². The molecule has 0 aromatic carbocycles.